The van der Waals surface area contributed by atoms with Gasteiger partial charge in [0.25, 0.3) is 0 Å². The summed E-state index contributed by atoms with van der Waals surface area (Å²) in [6, 6.07) is 34.0. The van der Waals surface area contributed by atoms with Crippen molar-refractivity contribution in [2.24, 2.45) is 4.99 Å². The van der Waals surface area contributed by atoms with Crippen molar-refractivity contribution in [2.45, 2.75) is 72.3 Å². The van der Waals surface area contributed by atoms with Gasteiger partial charge in [-0.2, -0.15) is 0 Å². The molecule has 0 bridgehead atoms. The van der Waals surface area contributed by atoms with E-state index in [9.17, 15) is 0 Å². The van der Waals surface area contributed by atoms with E-state index in [2.05, 4.69) is 145 Å². The number of benzene rings is 5. The first-order valence-corrected chi connectivity index (χ1v) is 20.2. The molecule has 6 aromatic rings. The summed E-state index contributed by atoms with van der Waals surface area (Å²) >= 11 is 0. The number of para-hydroxylation sites is 2. The number of hydrogen-bond donors (Lipinski definition) is 5. The van der Waals surface area contributed by atoms with Crippen molar-refractivity contribution >= 4 is 61.9 Å². The van der Waals surface area contributed by atoms with Crippen LogP contribution in [0.1, 0.15) is 62.1 Å². The van der Waals surface area contributed by atoms with E-state index >= 15 is 0 Å². The number of nitrogens with one attached hydrogen (secondary N) is 3. The summed E-state index contributed by atoms with van der Waals surface area (Å²) in [4.78, 5) is 11.5. The Morgan fingerprint density at radius 3 is 2.09 bits per heavy atom. The van der Waals surface area contributed by atoms with Gasteiger partial charge in [0, 0.05) is 71.8 Å². The van der Waals surface area contributed by atoms with Gasteiger partial charge in [-0.3, -0.25) is 4.90 Å². The van der Waals surface area contributed by atoms with Crippen LogP contribution < -0.4 is 44.0 Å². The minimum atomic E-state index is 0. The molecule has 292 valence electrons. The second kappa shape index (κ2) is 17.2. The molecule has 2 heterocycles. The fraction of sp³-hybridized carbons (Fsp3) is 0.271. The second-order valence-corrected chi connectivity index (χ2v) is 15.5. The summed E-state index contributed by atoms with van der Waals surface area (Å²) in [6.45, 7) is 10.4. The molecule has 8 nitrogen and oxygen atoms in total. The van der Waals surface area contributed by atoms with Gasteiger partial charge < -0.3 is 34.5 Å². The molecule has 0 radical (unpaired) electrons. The Kier molecular flexibility index (Phi) is 11.9. The molecule has 1 aromatic heterocycles. The molecule has 0 fully saturated rings. The van der Waals surface area contributed by atoms with Crippen LogP contribution >= 0.6 is 0 Å². The van der Waals surface area contributed by atoms with Crippen LogP contribution in [-0.2, 0) is 0 Å². The molecule has 0 spiro atoms. The van der Waals surface area contributed by atoms with Crippen LogP contribution in [0.15, 0.2) is 125 Å². The van der Waals surface area contributed by atoms with E-state index in [1.807, 2.05) is 6.92 Å². The minimum absolute atomic E-state index is 0. The lowest BCUT2D eigenvalue weighted by Crippen LogP contribution is -3.08. The Labute approximate surface area is 342 Å². The number of nitrogen functional groups attached to an aromatic ring is 2. The molecule has 0 saturated heterocycles. The van der Waals surface area contributed by atoms with Gasteiger partial charge in [-0.15, -0.1) is 4.57 Å². The number of nitrogens with zero attached hydrogens (tertiary/aromatic N) is 3. The summed E-state index contributed by atoms with van der Waals surface area (Å²) in [6.07, 6.45) is 11.8. The number of aryl methyl sites for hydroxylation is 3. The molecular weight excluding hydrogens is 724 g/mol. The number of hydrogen-bond acceptors (Lipinski definition) is 6. The molecule has 9 heteroatoms. The van der Waals surface area contributed by atoms with Crippen LogP contribution in [0.2, 0.25) is 0 Å². The van der Waals surface area contributed by atoms with E-state index in [1.54, 1.807) is 0 Å². The number of anilines is 3. The van der Waals surface area contributed by atoms with Gasteiger partial charge in [0.2, 0.25) is 16.7 Å². The highest BCUT2D eigenvalue weighted by Gasteiger charge is 2.37. The van der Waals surface area contributed by atoms with Gasteiger partial charge in [0.05, 0.1) is 0 Å². The Bertz CT molecular complexity index is 2510. The van der Waals surface area contributed by atoms with Gasteiger partial charge in [-0.05, 0) is 99.7 Å². The molecule has 57 heavy (non-hydrogen) atoms. The summed E-state index contributed by atoms with van der Waals surface area (Å²) in [5.41, 5.74) is 30.9. The quantitative estimate of drug-likeness (QED) is 0.0432. The fourth-order valence-electron chi connectivity index (χ4n) is 8.30. The van der Waals surface area contributed by atoms with Crippen molar-refractivity contribution in [2.75, 3.05) is 29.9 Å². The highest BCUT2D eigenvalue weighted by molar-refractivity contribution is 6.05. The van der Waals surface area contributed by atoms with E-state index in [4.69, 9.17) is 21.4 Å². The lowest BCUT2D eigenvalue weighted by Gasteiger charge is -2.33. The van der Waals surface area contributed by atoms with Crippen molar-refractivity contribution in [3.63, 3.8) is 0 Å². The van der Waals surface area contributed by atoms with Gasteiger partial charge >= 0.3 is 0 Å². The Morgan fingerprint density at radius 2 is 1.35 bits per heavy atom. The van der Waals surface area contributed by atoms with Crippen LogP contribution in [0.4, 0.5) is 34.1 Å². The van der Waals surface area contributed by atoms with Crippen molar-refractivity contribution < 1.29 is 21.9 Å². The van der Waals surface area contributed by atoms with Crippen molar-refractivity contribution in [1.29, 1.82) is 0 Å². The summed E-state index contributed by atoms with van der Waals surface area (Å²) in [5, 5.41) is 7.52. The predicted octanol–water partition coefficient (Wildman–Crippen LogP) is 5.95. The minimum Gasteiger partial charge on any atom is -1.00 e. The Balaban J connectivity index is 0.00000496. The fourth-order valence-corrected chi connectivity index (χ4v) is 8.30. The van der Waals surface area contributed by atoms with E-state index in [0.717, 1.165) is 99.0 Å². The van der Waals surface area contributed by atoms with Crippen LogP contribution in [0.5, 0.6) is 0 Å². The van der Waals surface area contributed by atoms with Crippen molar-refractivity contribution in [3.05, 3.63) is 137 Å². The average Bonchev–Trinajstić information content (AvgIpc) is 3.20. The molecule has 8 rings (SSSR count). The van der Waals surface area contributed by atoms with Gasteiger partial charge in [0.1, 0.15) is 28.1 Å². The molecule has 0 saturated carbocycles. The SMILES string of the molecule is CC1=CC2=Nc3cc(C)c(N)cc3[NH+](c3ccccc3)C2C=C1NCCCCCCCCNc1ccc2nc3cc(C)c(N)cc3[n+](-c3ccccc3)c2c1C.[Cl-]. The molecule has 2 unspecified atom stereocenters. The van der Waals surface area contributed by atoms with Crippen LogP contribution in [0, 0.1) is 20.8 Å². The number of aromatic nitrogens is 2. The number of allylic oxidation sites excluding steroid dienone is 1. The molecular formula is C48H54ClN8+. The summed E-state index contributed by atoms with van der Waals surface area (Å²) < 4.78 is 2.31. The van der Waals surface area contributed by atoms with E-state index in [-0.39, 0.29) is 18.4 Å². The number of halogens is 1. The third-order valence-corrected chi connectivity index (χ3v) is 11.5. The van der Waals surface area contributed by atoms with E-state index in [0.29, 0.717) is 0 Å². The zero-order valence-electron chi connectivity index (χ0n) is 33.5. The van der Waals surface area contributed by atoms with Gasteiger partial charge in [0.15, 0.2) is 11.7 Å². The second-order valence-electron chi connectivity index (χ2n) is 15.5. The predicted molar refractivity (Wildman–Crippen MR) is 234 cm³/mol. The topological polar surface area (TPSA) is 110 Å². The molecule has 7 N–H and O–H groups in total. The first-order valence-electron chi connectivity index (χ1n) is 20.2. The number of rotatable bonds is 13. The van der Waals surface area contributed by atoms with E-state index < -0.39 is 0 Å². The lowest BCUT2D eigenvalue weighted by molar-refractivity contribution is -0.770. The number of quaternary nitrogens is 1. The van der Waals surface area contributed by atoms with Crippen LogP contribution in [-0.4, -0.2) is 29.8 Å². The molecule has 2 atom stereocenters. The maximum atomic E-state index is 6.42. The van der Waals surface area contributed by atoms with Crippen molar-refractivity contribution in [1.82, 2.24) is 10.3 Å². The van der Waals surface area contributed by atoms with Gasteiger partial charge in [-0.25, -0.2) is 9.98 Å². The summed E-state index contributed by atoms with van der Waals surface area (Å²) in [5.74, 6) is 0. The normalized spacial score (nSPS) is 15.9. The van der Waals surface area contributed by atoms with E-state index in [1.165, 1.54) is 53.1 Å². The Morgan fingerprint density at radius 1 is 0.702 bits per heavy atom. The smallest absolute Gasteiger partial charge is 0.242 e. The van der Waals surface area contributed by atoms with Crippen LogP contribution in [0.3, 0.4) is 0 Å². The Hall–Kier alpha value is -5.70. The number of aliphatic imine (C=N–C) groups is 1. The molecule has 1 aliphatic carbocycles. The van der Waals surface area contributed by atoms with Crippen LogP contribution in [0.25, 0.3) is 27.8 Å². The lowest BCUT2D eigenvalue weighted by atomic mass is 9.93. The highest BCUT2D eigenvalue weighted by atomic mass is 35.5. The van der Waals surface area contributed by atoms with Crippen molar-refractivity contribution in [3.8, 4) is 5.69 Å². The third-order valence-electron chi connectivity index (χ3n) is 11.5. The molecule has 0 amide bonds. The zero-order chi connectivity index (χ0) is 38.8. The molecule has 1 aliphatic heterocycles. The number of fused-ring (bicyclic) bond motifs is 4. The third kappa shape index (κ3) is 8.11. The first-order chi connectivity index (χ1) is 27.3. The molecule has 5 aromatic carbocycles. The highest BCUT2D eigenvalue weighted by Crippen LogP contribution is 2.34. The maximum absolute atomic E-state index is 6.42. The largest absolute Gasteiger partial charge is 1.00 e. The standard InChI is InChI=1S/C48H52N8.ClH/c1-31-25-42-45(28-37(31)49)55(35-17-11-9-12-18-35)47-30-41(33(3)27-44(47)54-42)52-24-16-8-6-5-7-15-23-51-39-21-22-40-48(34(39)4)56(36-19-13-10-14-20-36)46-29-38(50)32(2)26-43(46)53-40;/h9-14,17-22,25-30,47,52H,5-8,15-16,23-24,49H2,1-4H3,(H2,50,51);1H/p+1. The zero-order valence-corrected chi connectivity index (χ0v) is 34.3. The first kappa shape index (κ1) is 39.5. The number of unbranched alkanes of at least 4 members (excludes halogenated alkanes) is 5. The number of nitrogens with two attached hydrogens (primary N) is 2. The monoisotopic (exact) mass is 777 g/mol. The maximum Gasteiger partial charge on any atom is 0.242 e. The average molecular weight is 778 g/mol. The van der Waals surface area contributed by atoms with Gasteiger partial charge in [-0.1, -0.05) is 62.1 Å². The summed E-state index contributed by atoms with van der Waals surface area (Å²) in [7, 11) is 0. The molecule has 2 aliphatic rings.